The zero-order valence-corrected chi connectivity index (χ0v) is 12.1. The Labute approximate surface area is 107 Å². The van der Waals surface area contributed by atoms with E-state index in [-0.39, 0.29) is 12.1 Å². The summed E-state index contributed by atoms with van der Waals surface area (Å²) in [6.45, 7) is 9.89. The third-order valence-corrected chi connectivity index (χ3v) is 2.80. The summed E-state index contributed by atoms with van der Waals surface area (Å²) in [4.78, 5) is 0. The van der Waals surface area contributed by atoms with Crippen LogP contribution in [0, 0.1) is 0 Å². The van der Waals surface area contributed by atoms with Crippen LogP contribution in [0.2, 0.25) is 0 Å². The summed E-state index contributed by atoms with van der Waals surface area (Å²) in [5, 5.41) is 12.7. The molecule has 0 spiro atoms. The van der Waals surface area contributed by atoms with Crippen LogP contribution in [0.15, 0.2) is 0 Å². The maximum atomic E-state index is 9.36. The summed E-state index contributed by atoms with van der Waals surface area (Å²) in [6, 6.07) is 0.361. The molecule has 0 bridgehead atoms. The number of unbranched alkanes of at least 4 members (excludes halogenated alkanes) is 4. The maximum Gasteiger partial charge on any atom is 0.0668 e. The third-order valence-electron chi connectivity index (χ3n) is 2.80. The molecule has 0 saturated heterocycles. The summed E-state index contributed by atoms with van der Waals surface area (Å²) < 4.78 is 5.65. The van der Waals surface area contributed by atoms with Crippen LogP contribution < -0.4 is 5.32 Å². The van der Waals surface area contributed by atoms with Gasteiger partial charge in [-0.15, -0.1) is 0 Å². The fourth-order valence-electron chi connectivity index (χ4n) is 1.93. The molecule has 3 heteroatoms. The number of aliphatic hydroxyl groups excluding tert-OH is 1. The Hall–Kier alpha value is -0.120. The van der Waals surface area contributed by atoms with E-state index in [1.165, 1.54) is 25.7 Å². The van der Waals surface area contributed by atoms with Crippen LogP contribution in [0.4, 0.5) is 0 Å². The van der Waals surface area contributed by atoms with Crippen molar-refractivity contribution in [2.45, 2.75) is 71.4 Å². The van der Waals surface area contributed by atoms with Crippen LogP contribution in [-0.2, 0) is 4.74 Å². The molecule has 104 valence electrons. The summed E-state index contributed by atoms with van der Waals surface area (Å²) in [7, 11) is 0. The first-order valence-electron chi connectivity index (χ1n) is 7.00. The fourth-order valence-corrected chi connectivity index (χ4v) is 1.93. The van der Waals surface area contributed by atoms with Crippen LogP contribution in [0.3, 0.4) is 0 Å². The maximum absolute atomic E-state index is 9.36. The van der Waals surface area contributed by atoms with Gasteiger partial charge in [-0.25, -0.2) is 0 Å². The molecule has 0 rings (SSSR count). The highest BCUT2D eigenvalue weighted by molar-refractivity contribution is 4.83. The van der Waals surface area contributed by atoms with E-state index in [1.807, 2.05) is 6.92 Å². The van der Waals surface area contributed by atoms with E-state index in [4.69, 9.17) is 4.74 Å². The molecule has 0 aliphatic heterocycles. The Morgan fingerprint density at radius 3 is 2.35 bits per heavy atom. The molecule has 17 heavy (non-hydrogen) atoms. The van der Waals surface area contributed by atoms with Gasteiger partial charge in [0.2, 0.25) is 0 Å². The zero-order valence-electron chi connectivity index (χ0n) is 12.1. The number of aliphatic hydroxyl groups is 1. The van der Waals surface area contributed by atoms with Crippen molar-refractivity contribution in [2.75, 3.05) is 19.8 Å². The molecule has 0 aromatic rings. The third kappa shape index (κ3) is 9.57. The van der Waals surface area contributed by atoms with Gasteiger partial charge in [0.25, 0.3) is 0 Å². The Morgan fingerprint density at radius 1 is 1.18 bits per heavy atom. The average molecular weight is 245 g/mol. The Bertz CT molecular complexity index is 174. The molecule has 3 nitrogen and oxygen atoms in total. The molecule has 1 atom stereocenters. The second-order valence-corrected chi connectivity index (χ2v) is 5.48. The molecule has 0 aromatic carbocycles. The van der Waals surface area contributed by atoms with Gasteiger partial charge in [0.1, 0.15) is 0 Å². The first-order valence-corrected chi connectivity index (χ1v) is 7.00. The van der Waals surface area contributed by atoms with E-state index in [1.54, 1.807) is 0 Å². The lowest BCUT2D eigenvalue weighted by molar-refractivity contribution is 0.0387. The summed E-state index contributed by atoms with van der Waals surface area (Å²) in [6.07, 6.45) is 6.29. The number of ether oxygens (including phenoxy) is 1. The lowest BCUT2D eigenvalue weighted by Gasteiger charge is -2.30. The fraction of sp³-hybridized carbons (Fsp3) is 1.00. The quantitative estimate of drug-likeness (QED) is 0.550. The van der Waals surface area contributed by atoms with Crippen LogP contribution in [0.5, 0.6) is 0 Å². The van der Waals surface area contributed by atoms with Gasteiger partial charge in [0, 0.05) is 12.6 Å². The summed E-state index contributed by atoms with van der Waals surface area (Å²) in [5.41, 5.74) is -0.308. The van der Waals surface area contributed by atoms with Crippen LogP contribution >= 0.6 is 0 Å². The van der Waals surface area contributed by atoms with Crippen molar-refractivity contribution >= 4 is 0 Å². The second kappa shape index (κ2) is 9.86. The molecule has 0 aromatic heterocycles. The second-order valence-electron chi connectivity index (χ2n) is 5.48. The van der Waals surface area contributed by atoms with Gasteiger partial charge in [-0.3, -0.25) is 0 Å². The molecule has 0 saturated carbocycles. The molecule has 0 fully saturated rings. The summed E-state index contributed by atoms with van der Waals surface area (Å²) in [5.74, 6) is 0. The van der Waals surface area contributed by atoms with Crippen molar-refractivity contribution in [3.05, 3.63) is 0 Å². The van der Waals surface area contributed by atoms with Gasteiger partial charge >= 0.3 is 0 Å². The lowest BCUT2D eigenvalue weighted by atomic mass is 10.0. The summed E-state index contributed by atoms with van der Waals surface area (Å²) >= 11 is 0. The van der Waals surface area contributed by atoms with Gasteiger partial charge in [0.15, 0.2) is 0 Å². The van der Waals surface area contributed by atoms with Crippen molar-refractivity contribution in [1.82, 2.24) is 5.32 Å². The molecule has 1 unspecified atom stereocenters. The smallest absolute Gasteiger partial charge is 0.0668 e. The SMILES string of the molecule is CCCCCCCOCC(C)(CO)NC(C)C. The van der Waals surface area contributed by atoms with Crippen LogP contribution in [-0.4, -0.2) is 36.5 Å². The van der Waals surface area contributed by atoms with Gasteiger partial charge < -0.3 is 15.2 Å². The molecule has 0 radical (unpaired) electrons. The number of rotatable bonds is 11. The lowest BCUT2D eigenvalue weighted by Crippen LogP contribution is -2.52. The minimum atomic E-state index is -0.308. The largest absolute Gasteiger partial charge is 0.394 e. The van der Waals surface area contributed by atoms with Gasteiger partial charge in [0.05, 0.1) is 18.8 Å². The molecule has 0 amide bonds. The van der Waals surface area contributed by atoms with Gasteiger partial charge in [-0.1, -0.05) is 46.5 Å². The molecule has 0 heterocycles. The Kier molecular flexibility index (Phi) is 9.79. The Morgan fingerprint density at radius 2 is 1.82 bits per heavy atom. The molecule has 2 N–H and O–H groups in total. The van der Waals surface area contributed by atoms with E-state index < -0.39 is 0 Å². The first-order chi connectivity index (χ1) is 8.04. The van der Waals surface area contributed by atoms with Crippen molar-refractivity contribution in [3.8, 4) is 0 Å². The van der Waals surface area contributed by atoms with E-state index in [0.29, 0.717) is 12.6 Å². The number of hydrogen-bond donors (Lipinski definition) is 2. The standard InChI is InChI=1S/C14H31NO2/c1-5-6-7-8-9-10-17-12-14(4,11-16)15-13(2)3/h13,15-16H,5-12H2,1-4H3. The van der Waals surface area contributed by atoms with Gasteiger partial charge in [-0.2, -0.15) is 0 Å². The highest BCUT2D eigenvalue weighted by atomic mass is 16.5. The van der Waals surface area contributed by atoms with E-state index >= 15 is 0 Å². The molecular weight excluding hydrogens is 214 g/mol. The normalized spacial score (nSPS) is 15.2. The van der Waals surface area contributed by atoms with Gasteiger partial charge in [-0.05, 0) is 13.3 Å². The van der Waals surface area contributed by atoms with E-state index in [9.17, 15) is 5.11 Å². The zero-order chi connectivity index (χ0) is 13.1. The first kappa shape index (κ1) is 16.9. The predicted octanol–water partition coefficient (Wildman–Crippen LogP) is 2.72. The molecule has 0 aliphatic carbocycles. The van der Waals surface area contributed by atoms with Crippen molar-refractivity contribution < 1.29 is 9.84 Å². The van der Waals surface area contributed by atoms with Crippen LogP contribution in [0.1, 0.15) is 59.8 Å². The monoisotopic (exact) mass is 245 g/mol. The van der Waals surface area contributed by atoms with Crippen LogP contribution in [0.25, 0.3) is 0 Å². The van der Waals surface area contributed by atoms with E-state index in [0.717, 1.165) is 13.0 Å². The topological polar surface area (TPSA) is 41.5 Å². The predicted molar refractivity (Wildman–Crippen MR) is 73.3 cm³/mol. The number of nitrogens with one attached hydrogen (secondary N) is 1. The highest BCUT2D eigenvalue weighted by Gasteiger charge is 2.23. The number of hydrogen-bond acceptors (Lipinski definition) is 3. The molecule has 0 aliphatic rings. The van der Waals surface area contributed by atoms with Crippen molar-refractivity contribution in [1.29, 1.82) is 0 Å². The molecular formula is C14H31NO2. The minimum Gasteiger partial charge on any atom is -0.394 e. The van der Waals surface area contributed by atoms with E-state index in [2.05, 4.69) is 26.1 Å². The average Bonchev–Trinajstić information content (AvgIpc) is 2.27. The van der Waals surface area contributed by atoms with Crippen molar-refractivity contribution in [3.63, 3.8) is 0 Å². The Balaban J connectivity index is 3.55. The minimum absolute atomic E-state index is 0.112. The van der Waals surface area contributed by atoms with Crippen molar-refractivity contribution in [2.24, 2.45) is 0 Å². The highest BCUT2D eigenvalue weighted by Crippen LogP contribution is 2.07.